The van der Waals surface area contributed by atoms with E-state index in [1.807, 2.05) is 4.57 Å². The van der Waals surface area contributed by atoms with E-state index in [2.05, 4.69) is 11.9 Å². The molecule has 2 rings (SSSR count). The van der Waals surface area contributed by atoms with Gasteiger partial charge >= 0.3 is 0 Å². The minimum Gasteiger partial charge on any atom is -0.380 e. The van der Waals surface area contributed by atoms with Crippen molar-refractivity contribution in [1.29, 1.82) is 0 Å². The van der Waals surface area contributed by atoms with Gasteiger partial charge in [0.2, 0.25) is 5.95 Å². The van der Waals surface area contributed by atoms with Crippen molar-refractivity contribution in [3.8, 4) is 0 Å². The number of fused-ring (bicyclic) bond motifs is 1. The summed E-state index contributed by atoms with van der Waals surface area (Å²) in [5.74, 6) is 0.0982. The van der Waals surface area contributed by atoms with Gasteiger partial charge in [0.1, 0.15) is 5.82 Å². The number of anilines is 1. The van der Waals surface area contributed by atoms with Crippen LogP contribution in [0.3, 0.4) is 0 Å². The molecule has 5 heteroatoms. The molecule has 0 unspecified atom stereocenters. The smallest absolute Gasteiger partial charge is 0.201 e. The third-order valence-corrected chi connectivity index (χ3v) is 2.84. The average molecular weight is 251 g/mol. The lowest BCUT2D eigenvalue weighted by molar-refractivity contribution is 0.124. The van der Waals surface area contributed by atoms with Crippen LogP contribution in [-0.4, -0.2) is 22.8 Å². The van der Waals surface area contributed by atoms with E-state index in [9.17, 15) is 4.39 Å². The molecule has 0 aliphatic heterocycles. The molecule has 0 amide bonds. The van der Waals surface area contributed by atoms with E-state index in [1.165, 1.54) is 12.1 Å². The van der Waals surface area contributed by atoms with Gasteiger partial charge in [0.05, 0.1) is 17.6 Å². The molecule has 98 valence electrons. The highest BCUT2D eigenvalue weighted by atomic mass is 19.1. The van der Waals surface area contributed by atoms with E-state index in [0.29, 0.717) is 24.6 Å². The Morgan fingerprint density at radius 3 is 3.00 bits per heavy atom. The molecule has 0 radical (unpaired) electrons. The summed E-state index contributed by atoms with van der Waals surface area (Å²) in [6.45, 7) is 4.11. The van der Waals surface area contributed by atoms with Gasteiger partial charge in [-0.15, -0.1) is 0 Å². The average Bonchev–Trinajstić information content (AvgIpc) is 2.64. The lowest BCUT2D eigenvalue weighted by Crippen LogP contribution is -2.09. The second-order valence-corrected chi connectivity index (χ2v) is 4.22. The van der Waals surface area contributed by atoms with Crippen LogP contribution in [0, 0.1) is 5.82 Å². The van der Waals surface area contributed by atoms with Crippen molar-refractivity contribution < 1.29 is 9.13 Å². The predicted molar refractivity (Wildman–Crippen MR) is 69.8 cm³/mol. The van der Waals surface area contributed by atoms with Crippen LogP contribution in [-0.2, 0) is 11.3 Å². The predicted octanol–water partition coefficient (Wildman–Crippen LogP) is 2.57. The van der Waals surface area contributed by atoms with Gasteiger partial charge < -0.3 is 15.0 Å². The molecule has 0 aliphatic rings. The first-order valence-corrected chi connectivity index (χ1v) is 6.21. The largest absolute Gasteiger partial charge is 0.380 e. The summed E-state index contributed by atoms with van der Waals surface area (Å²) in [6, 6.07) is 4.50. The zero-order valence-electron chi connectivity index (χ0n) is 10.5. The molecule has 0 fully saturated rings. The number of aromatic nitrogens is 2. The molecule has 1 heterocycles. The van der Waals surface area contributed by atoms with Crippen LogP contribution in [0.4, 0.5) is 10.3 Å². The second-order valence-electron chi connectivity index (χ2n) is 4.22. The normalized spacial score (nSPS) is 11.2. The topological polar surface area (TPSA) is 53.1 Å². The van der Waals surface area contributed by atoms with Crippen LogP contribution in [0.2, 0.25) is 0 Å². The van der Waals surface area contributed by atoms with Crippen molar-refractivity contribution in [1.82, 2.24) is 9.55 Å². The Bertz CT molecular complexity index is 524. The number of halogens is 1. The van der Waals surface area contributed by atoms with E-state index in [-0.39, 0.29) is 5.82 Å². The number of nitrogen functional groups attached to an aromatic ring is 1. The summed E-state index contributed by atoms with van der Waals surface area (Å²) in [4.78, 5) is 4.13. The van der Waals surface area contributed by atoms with Gasteiger partial charge in [-0.2, -0.15) is 0 Å². The minimum absolute atomic E-state index is 0.300. The van der Waals surface area contributed by atoms with Gasteiger partial charge in [-0.3, -0.25) is 0 Å². The van der Waals surface area contributed by atoms with Gasteiger partial charge in [0.25, 0.3) is 0 Å². The molecular formula is C13H18FN3O. The van der Waals surface area contributed by atoms with Gasteiger partial charge in [0, 0.05) is 19.2 Å². The Balaban J connectivity index is 2.05. The van der Waals surface area contributed by atoms with E-state index in [1.54, 1.807) is 6.07 Å². The zero-order chi connectivity index (χ0) is 13.0. The summed E-state index contributed by atoms with van der Waals surface area (Å²) in [7, 11) is 0. The summed E-state index contributed by atoms with van der Waals surface area (Å²) in [5.41, 5.74) is 7.24. The lowest BCUT2D eigenvalue weighted by atomic mass is 10.3. The summed E-state index contributed by atoms with van der Waals surface area (Å²) < 4.78 is 20.4. The quantitative estimate of drug-likeness (QED) is 0.803. The van der Waals surface area contributed by atoms with Crippen molar-refractivity contribution in [2.24, 2.45) is 0 Å². The van der Waals surface area contributed by atoms with E-state index in [0.717, 1.165) is 25.0 Å². The first-order valence-electron chi connectivity index (χ1n) is 6.21. The molecule has 0 aliphatic carbocycles. The summed E-state index contributed by atoms with van der Waals surface area (Å²) in [6.07, 6.45) is 2.18. The number of nitrogens with two attached hydrogens (primary N) is 1. The number of hydrogen-bond donors (Lipinski definition) is 1. The molecule has 2 aromatic rings. The summed E-state index contributed by atoms with van der Waals surface area (Å²) >= 11 is 0. The second kappa shape index (κ2) is 5.82. The van der Waals surface area contributed by atoms with Crippen molar-refractivity contribution in [3.63, 3.8) is 0 Å². The first kappa shape index (κ1) is 12.8. The molecule has 0 atom stereocenters. The Hall–Kier alpha value is -1.62. The van der Waals surface area contributed by atoms with Crippen LogP contribution in [0.5, 0.6) is 0 Å². The number of hydrogen-bond acceptors (Lipinski definition) is 3. The van der Waals surface area contributed by atoms with Crippen LogP contribution < -0.4 is 5.73 Å². The molecule has 2 N–H and O–H groups in total. The molecule has 1 aromatic heterocycles. The highest BCUT2D eigenvalue weighted by molar-refractivity contribution is 5.78. The molecule has 0 spiro atoms. The van der Waals surface area contributed by atoms with Crippen molar-refractivity contribution >= 4 is 17.0 Å². The van der Waals surface area contributed by atoms with E-state index in [4.69, 9.17) is 10.5 Å². The Morgan fingerprint density at radius 1 is 1.39 bits per heavy atom. The Morgan fingerprint density at radius 2 is 2.22 bits per heavy atom. The third-order valence-electron chi connectivity index (χ3n) is 2.84. The lowest BCUT2D eigenvalue weighted by Gasteiger charge is -2.07. The maximum absolute atomic E-state index is 13.1. The number of imidazole rings is 1. The van der Waals surface area contributed by atoms with Crippen LogP contribution in [0.1, 0.15) is 19.8 Å². The van der Waals surface area contributed by atoms with E-state index >= 15 is 0 Å². The number of rotatable bonds is 6. The molecule has 4 nitrogen and oxygen atoms in total. The maximum atomic E-state index is 13.1. The number of unbranched alkanes of at least 4 members (excludes halogenated alkanes) is 1. The standard InChI is InChI=1S/C13H18FN3O/c1-2-3-7-18-8-6-17-12-5-4-10(14)9-11(12)16-13(17)15/h4-5,9H,2-3,6-8H2,1H3,(H2,15,16). The first-order chi connectivity index (χ1) is 8.72. The van der Waals surface area contributed by atoms with Crippen molar-refractivity contribution in [2.75, 3.05) is 18.9 Å². The molecule has 0 saturated heterocycles. The minimum atomic E-state index is -0.300. The molecule has 1 aromatic carbocycles. The van der Waals surface area contributed by atoms with Crippen LogP contribution >= 0.6 is 0 Å². The van der Waals surface area contributed by atoms with Gasteiger partial charge in [-0.1, -0.05) is 13.3 Å². The molecule has 0 saturated carbocycles. The third kappa shape index (κ3) is 2.79. The highest BCUT2D eigenvalue weighted by Gasteiger charge is 2.08. The molecular weight excluding hydrogens is 233 g/mol. The number of ether oxygens (including phenoxy) is 1. The fourth-order valence-corrected chi connectivity index (χ4v) is 1.86. The van der Waals surface area contributed by atoms with Crippen LogP contribution in [0.25, 0.3) is 11.0 Å². The Labute approximate surface area is 106 Å². The number of nitrogens with zero attached hydrogens (tertiary/aromatic N) is 2. The van der Waals surface area contributed by atoms with Gasteiger partial charge in [-0.05, 0) is 18.6 Å². The van der Waals surface area contributed by atoms with Gasteiger partial charge in [-0.25, -0.2) is 9.37 Å². The fourth-order valence-electron chi connectivity index (χ4n) is 1.86. The van der Waals surface area contributed by atoms with Crippen molar-refractivity contribution in [3.05, 3.63) is 24.0 Å². The van der Waals surface area contributed by atoms with Crippen LogP contribution in [0.15, 0.2) is 18.2 Å². The van der Waals surface area contributed by atoms with Crippen molar-refractivity contribution in [2.45, 2.75) is 26.3 Å². The van der Waals surface area contributed by atoms with E-state index < -0.39 is 0 Å². The Kier molecular flexibility index (Phi) is 4.15. The summed E-state index contributed by atoms with van der Waals surface area (Å²) in [5, 5.41) is 0. The van der Waals surface area contributed by atoms with Gasteiger partial charge in [0.15, 0.2) is 0 Å². The molecule has 0 bridgehead atoms. The number of benzene rings is 1. The maximum Gasteiger partial charge on any atom is 0.201 e. The SMILES string of the molecule is CCCCOCCn1c(N)nc2cc(F)ccc21. The monoisotopic (exact) mass is 251 g/mol. The fraction of sp³-hybridized carbons (Fsp3) is 0.462. The zero-order valence-corrected chi connectivity index (χ0v) is 10.5. The molecule has 18 heavy (non-hydrogen) atoms. The highest BCUT2D eigenvalue weighted by Crippen LogP contribution is 2.18.